The van der Waals surface area contributed by atoms with Crippen molar-refractivity contribution in [3.05, 3.63) is 24.0 Å². The molecule has 2 heterocycles. The molecule has 1 aromatic heterocycles. The molecule has 2 unspecified atom stereocenters. The average Bonchev–Trinajstić information content (AvgIpc) is 2.41. The largest absolute Gasteiger partial charge is 0.375 e. The van der Waals surface area contributed by atoms with E-state index in [1.807, 2.05) is 12.3 Å². The SMILES string of the molecule is CC[C@H](N)c1ccc(N2CC(C)OCC2C)cn1. The summed E-state index contributed by atoms with van der Waals surface area (Å²) >= 11 is 0. The predicted octanol–water partition coefficient (Wildman–Crippen LogP) is 2.10. The van der Waals surface area contributed by atoms with Crippen LogP contribution in [0.4, 0.5) is 5.69 Å². The first kappa shape index (κ1) is 13.3. The van der Waals surface area contributed by atoms with Crippen LogP contribution in [0.15, 0.2) is 18.3 Å². The molecule has 4 nitrogen and oxygen atoms in total. The van der Waals surface area contributed by atoms with Gasteiger partial charge in [-0.2, -0.15) is 0 Å². The van der Waals surface area contributed by atoms with Crippen LogP contribution in [0, 0.1) is 0 Å². The zero-order chi connectivity index (χ0) is 13.1. The second kappa shape index (κ2) is 5.67. The standard InChI is InChI=1S/C14H23N3O/c1-4-13(15)14-6-5-12(7-16-14)17-8-11(3)18-9-10(17)2/h5-7,10-11,13H,4,8-9,15H2,1-3H3/t10?,11?,13-/m0/s1. The molecule has 1 saturated heterocycles. The van der Waals surface area contributed by atoms with Gasteiger partial charge in [0.2, 0.25) is 0 Å². The molecule has 3 atom stereocenters. The molecule has 2 rings (SSSR count). The minimum Gasteiger partial charge on any atom is -0.375 e. The summed E-state index contributed by atoms with van der Waals surface area (Å²) in [4.78, 5) is 6.83. The molecule has 1 aliphatic heterocycles. The summed E-state index contributed by atoms with van der Waals surface area (Å²) in [6, 6.07) is 4.59. The summed E-state index contributed by atoms with van der Waals surface area (Å²) in [7, 11) is 0. The first-order valence-electron chi connectivity index (χ1n) is 6.71. The lowest BCUT2D eigenvalue weighted by Crippen LogP contribution is -2.47. The summed E-state index contributed by atoms with van der Waals surface area (Å²) in [5, 5.41) is 0. The van der Waals surface area contributed by atoms with Crippen molar-refractivity contribution in [2.24, 2.45) is 5.73 Å². The Balaban J connectivity index is 2.13. The maximum atomic E-state index is 5.98. The van der Waals surface area contributed by atoms with E-state index >= 15 is 0 Å². The van der Waals surface area contributed by atoms with Crippen LogP contribution in [-0.2, 0) is 4.74 Å². The van der Waals surface area contributed by atoms with Gasteiger partial charge in [-0.15, -0.1) is 0 Å². The van der Waals surface area contributed by atoms with Crippen LogP contribution in [0.25, 0.3) is 0 Å². The molecule has 0 radical (unpaired) electrons. The van der Waals surface area contributed by atoms with Crippen LogP contribution in [-0.4, -0.2) is 30.3 Å². The lowest BCUT2D eigenvalue weighted by molar-refractivity contribution is 0.0343. The van der Waals surface area contributed by atoms with Crippen LogP contribution in [0.1, 0.15) is 38.9 Å². The third-order valence-electron chi connectivity index (χ3n) is 3.53. The average molecular weight is 249 g/mol. The van der Waals surface area contributed by atoms with Gasteiger partial charge < -0.3 is 15.4 Å². The second-order valence-electron chi connectivity index (χ2n) is 5.10. The lowest BCUT2D eigenvalue weighted by Gasteiger charge is -2.38. The highest BCUT2D eigenvalue weighted by molar-refractivity contribution is 5.46. The number of nitrogens with zero attached hydrogens (tertiary/aromatic N) is 2. The number of ether oxygens (including phenoxy) is 1. The number of hydrogen-bond donors (Lipinski definition) is 1. The van der Waals surface area contributed by atoms with Crippen molar-refractivity contribution in [1.29, 1.82) is 0 Å². The maximum Gasteiger partial charge on any atom is 0.0723 e. The maximum absolute atomic E-state index is 5.98. The number of nitrogens with two attached hydrogens (primary N) is 1. The third-order valence-corrected chi connectivity index (χ3v) is 3.53. The van der Waals surface area contributed by atoms with Crippen LogP contribution in [0.3, 0.4) is 0 Å². The molecule has 0 bridgehead atoms. The van der Waals surface area contributed by atoms with E-state index in [9.17, 15) is 0 Å². The van der Waals surface area contributed by atoms with E-state index in [0.29, 0.717) is 6.04 Å². The Morgan fingerprint density at radius 1 is 1.50 bits per heavy atom. The smallest absolute Gasteiger partial charge is 0.0723 e. The first-order chi connectivity index (χ1) is 8.61. The van der Waals surface area contributed by atoms with Gasteiger partial charge in [-0.1, -0.05) is 6.92 Å². The lowest BCUT2D eigenvalue weighted by atomic mass is 10.1. The third kappa shape index (κ3) is 2.82. The van der Waals surface area contributed by atoms with Gasteiger partial charge in [0.25, 0.3) is 0 Å². The molecule has 18 heavy (non-hydrogen) atoms. The summed E-state index contributed by atoms with van der Waals surface area (Å²) in [5.41, 5.74) is 8.10. The molecule has 1 aliphatic rings. The van der Waals surface area contributed by atoms with Gasteiger partial charge in [0.15, 0.2) is 0 Å². The Morgan fingerprint density at radius 3 is 2.89 bits per heavy atom. The van der Waals surface area contributed by atoms with Gasteiger partial charge in [-0.25, -0.2) is 0 Å². The van der Waals surface area contributed by atoms with E-state index in [2.05, 4.69) is 36.7 Å². The highest BCUT2D eigenvalue weighted by Crippen LogP contribution is 2.22. The van der Waals surface area contributed by atoms with Crippen LogP contribution < -0.4 is 10.6 Å². The molecule has 1 fully saturated rings. The van der Waals surface area contributed by atoms with E-state index < -0.39 is 0 Å². The van der Waals surface area contributed by atoms with Gasteiger partial charge in [0, 0.05) is 18.6 Å². The summed E-state index contributed by atoms with van der Waals surface area (Å²) in [6.45, 7) is 8.05. The molecule has 100 valence electrons. The van der Waals surface area contributed by atoms with Gasteiger partial charge in [-0.3, -0.25) is 4.98 Å². The summed E-state index contributed by atoms with van der Waals surface area (Å²) in [6.07, 6.45) is 3.12. The zero-order valence-electron chi connectivity index (χ0n) is 11.5. The van der Waals surface area contributed by atoms with E-state index in [4.69, 9.17) is 10.5 Å². The molecular formula is C14H23N3O. The summed E-state index contributed by atoms with van der Waals surface area (Å²) < 4.78 is 5.64. The Hall–Kier alpha value is -1.13. The molecule has 1 aromatic rings. The van der Waals surface area contributed by atoms with Crippen molar-refractivity contribution in [2.75, 3.05) is 18.1 Å². The topological polar surface area (TPSA) is 51.4 Å². The molecule has 0 amide bonds. The number of hydrogen-bond acceptors (Lipinski definition) is 4. The van der Waals surface area contributed by atoms with Crippen LogP contribution >= 0.6 is 0 Å². The van der Waals surface area contributed by atoms with Crippen molar-refractivity contribution < 1.29 is 4.74 Å². The van der Waals surface area contributed by atoms with Gasteiger partial charge in [-0.05, 0) is 32.4 Å². The van der Waals surface area contributed by atoms with E-state index in [1.54, 1.807) is 0 Å². The second-order valence-corrected chi connectivity index (χ2v) is 5.10. The predicted molar refractivity (Wildman–Crippen MR) is 73.7 cm³/mol. The highest BCUT2D eigenvalue weighted by Gasteiger charge is 2.23. The van der Waals surface area contributed by atoms with E-state index in [1.165, 1.54) is 0 Å². The Bertz CT molecular complexity index is 379. The molecule has 0 aliphatic carbocycles. The number of pyridine rings is 1. The van der Waals surface area contributed by atoms with Crippen molar-refractivity contribution in [1.82, 2.24) is 4.98 Å². The number of morpholine rings is 1. The Kier molecular flexibility index (Phi) is 4.19. The minimum atomic E-state index is 0.0417. The molecule has 4 heteroatoms. The fourth-order valence-corrected chi connectivity index (χ4v) is 2.26. The number of rotatable bonds is 3. The zero-order valence-corrected chi connectivity index (χ0v) is 11.5. The van der Waals surface area contributed by atoms with Crippen molar-refractivity contribution >= 4 is 5.69 Å². The van der Waals surface area contributed by atoms with Gasteiger partial charge >= 0.3 is 0 Å². The van der Waals surface area contributed by atoms with Crippen LogP contribution in [0.5, 0.6) is 0 Å². The van der Waals surface area contributed by atoms with Crippen molar-refractivity contribution in [3.8, 4) is 0 Å². The van der Waals surface area contributed by atoms with Gasteiger partial charge in [0.05, 0.1) is 30.3 Å². The molecule has 0 saturated carbocycles. The Morgan fingerprint density at radius 2 is 2.28 bits per heavy atom. The molecule has 2 N–H and O–H groups in total. The minimum absolute atomic E-state index is 0.0417. The first-order valence-corrected chi connectivity index (χ1v) is 6.71. The molecular weight excluding hydrogens is 226 g/mol. The number of aromatic nitrogens is 1. The Labute approximate surface area is 109 Å². The van der Waals surface area contributed by atoms with E-state index in [-0.39, 0.29) is 12.1 Å². The quantitative estimate of drug-likeness (QED) is 0.891. The normalized spacial score (nSPS) is 26.1. The van der Waals surface area contributed by atoms with Crippen molar-refractivity contribution in [2.45, 2.75) is 45.4 Å². The molecule has 0 aromatic carbocycles. The number of anilines is 1. The fourth-order valence-electron chi connectivity index (χ4n) is 2.26. The fraction of sp³-hybridized carbons (Fsp3) is 0.643. The molecule has 0 spiro atoms. The monoisotopic (exact) mass is 249 g/mol. The summed E-state index contributed by atoms with van der Waals surface area (Å²) in [5.74, 6) is 0. The van der Waals surface area contributed by atoms with E-state index in [0.717, 1.165) is 31.0 Å². The highest BCUT2D eigenvalue weighted by atomic mass is 16.5. The van der Waals surface area contributed by atoms with Crippen molar-refractivity contribution in [3.63, 3.8) is 0 Å². The van der Waals surface area contributed by atoms with Gasteiger partial charge in [0.1, 0.15) is 0 Å². The van der Waals surface area contributed by atoms with Crippen LogP contribution in [0.2, 0.25) is 0 Å².